The minimum atomic E-state index is -3.26. The molecule has 0 spiro atoms. The molecule has 2 aromatic rings. The molecule has 1 aliphatic rings. The molecule has 1 heterocycles. The van der Waals surface area contributed by atoms with Crippen LogP contribution in [0.15, 0.2) is 48.0 Å². The van der Waals surface area contributed by atoms with Crippen LogP contribution >= 0.6 is 0 Å². The molecule has 28 heavy (non-hydrogen) atoms. The van der Waals surface area contributed by atoms with Crippen LogP contribution in [0.5, 0.6) is 11.6 Å². The van der Waals surface area contributed by atoms with Crippen LogP contribution in [0.4, 0.5) is 0 Å². The molecule has 0 aliphatic heterocycles. The van der Waals surface area contributed by atoms with Crippen molar-refractivity contribution in [3.63, 3.8) is 0 Å². The molecule has 1 unspecified atom stereocenters. The Morgan fingerprint density at radius 2 is 1.96 bits per heavy atom. The summed E-state index contributed by atoms with van der Waals surface area (Å²) < 4.78 is 28.4. The summed E-state index contributed by atoms with van der Waals surface area (Å²) in [4.78, 5) is 21.6. The Balaban J connectivity index is 1.86. The van der Waals surface area contributed by atoms with E-state index >= 15 is 0 Å². The third-order valence-electron chi connectivity index (χ3n) is 4.47. The van der Waals surface area contributed by atoms with Gasteiger partial charge in [-0.25, -0.2) is 13.4 Å². The molecule has 7 nitrogen and oxygen atoms in total. The van der Waals surface area contributed by atoms with Crippen molar-refractivity contribution < 1.29 is 17.9 Å². The predicted octanol–water partition coefficient (Wildman–Crippen LogP) is 3.00. The maximum absolute atomic E-state index is 12.7. The Morgan fingerprint density at radius 3 is 2.57 bits per heavy atom. The van der Waals surface area contributed by atoms with Gasteiger partial charge in [-0.3, -0.25) is 4.79 Å². The highest BCUT2D eigenvalue weighted by Crippen LogP contribution is 2.46. The maximum Gasteiger partial charge on any atom is 0.258 e. The molecule has 1 aromatic heterocycles. The number of benzene rings is 1. The summed E-state index contributed by atoms with van der Waals surface area (Å²) in [5, 5.41) is 3.78. The normalized spacial score (nSPS) is 16.5. The number of nitrogens with one attached hydrogen (secondary N) is 1. The standard InChI is InChI=1S/C20H23N3O4S/c1-14(9-12-28(3,25)26)22-17(24)16-13-21-19(20(2)10-11-20)23-18(16)27-15-7-5-4-6-8-15/h4-9,12-14H,10-11H2,1-3H3,(H,22,24). The largest absolute Gasteiger partial charge is 0.438 e. The SMILES string of the molecule is CC(C=CS(C)(=O)=O)NC(=O)c1cnc(C2(C)CC2)nc1Oc1ccccc1. The molecule has 1 amide bonds. The second-order valence-electron chi connectivity index (χ2n) is 7.31. The Kier molecular flexibility index (Phi) is 5.51. The van der Waals surface area contributed by atoms with Gasteiger partial charge in [0.2, 0.25) is 5.88 Å². The van der Waals surface area contributed by atoms with Crippen LogP contribution in [-0.4, -0.2) is 36.6 Å². The Labute approximate surface area is 164 Å². The van der Waals surface area contributed by atoms with Crippen LogP contribution in [0, 0.1) is 0 Å². The number of amides is 1. The van der Waals surface area contributed by atoms with E-state index in [4.69, 9.17) is 4.74 Å². The predicted molar refractivity (Wildman–Crippen MR) is 106 cm³/mol. The van der Waals surface area contributed by atoms with E-state index in [2.05, 4.69) is 22.2 Å². The number of carbonyl (C=O) groups is 1. The number of rotatable bonds is 7. The fraction of sp³-hybridized carbons (Fsp3) is 0.350. The number of hydrogen-bond donors (Lipinski definition) is 1. The quantitative estimate of drug-likeness (QED) is 0.766. The second kappa shape index (κ2) is 7.71. The van der Waals surface area contributed by atoms with Gasteiger partial charge in [0.25, 0.3) is 5.91 Å². The summed E-state index contributed by atoms with van der Waals surface area (Å²) in [7, 11) is -3.26. The van der Waals surface area contributed by atoms with Gasteiger partial charge >= 0.3 is 0 Å². The van der Waals surface area contributed by atoms with Gasteiger partial charge < -0.3 is 10.1 Å². The molecule has 1 aliphatic carbocycles. The highest BCUT2D eigenvalue weighted by molar-refractivity contribution is 7.93. The molecule has 0 radical (unpaired) electrons. The van der Waals surface area contributed by atoms with Crippen LogP contribution in [-0.2, 0) is 15.3 Å². The highest BCUT2D eigenvalue weighted by Gasteiger charge is 2.42. The van der Waals surface area contributed by atoms with E-state index in [1.807, 2.05) is 18.2 Å². The Morgan fingerprint density at radius 1 is 1.29 bits per heavy atom. The zero-order chi connectivity index (χ0) is 20.4. The highest BCUT2D eigenvalue weighted by atomic mass is 32.2. The number of nitrogens with zero attached hydrogens (tertiary/aromatic N) is 2. The zero-order valence-corrected chi connectivity index (χ0v) is 16.9. The summed E-state index contributed by atoms with van der Waals surface area (Å²) in [5.41, 5.74) is 0.117. The first-order valence-corrected chi connectivity index (χ1v) is 10.9. The molecule has 1 atom stereocenters. The number of para-hydroxylation sites is 1. The first kappa shape index (κ1) is 20.0. The lowest BCUT2D eigenvalue weighted by Gasteiger charge is -2.15. The molecular weight excluding hydrogens is 378 g/mol. The lowest BCUT2D eigenvalue weighted by molar-refractivity contribution is 0.0943. The second-order valence-corrected chi connectivity index (χ2v) is 9.24. The smallest absolute Gasteiger partial charge is 0.258 e. The molecule has 1 aromatic carbocycles. The van der Waals surface area contributed by atoms with Crippen molar-refractivity contribution in [3.05, 3.63) is 59.4 Å². The fourth-order valence-corrected chi connectivity index (χ4v) is 3.02. The lowest BCUT2D eigenvalue weighted by Crippen LogP contribution is -2.32. The average molecular weight is 401 g/mol. The zero-order valence-electron chi connectivity index (χ0n) is 16.0. The lowest BCUT2D eigenvalue weighted by atomic mass is 10.1. The van der Waals surface area contributed by atoms with Crippen molar-refractivity contribution in [2.75, 3.05) is 6.26 Å². The van der Waals surface area contributed by atoms with Gasteiger partial charge in [-0.2, -0.15) is 4.98 Å². The summed E-state index contributed by atoms with van der Waals surface area (Å²) in [6, 6.07) is 8.59. The summed E-state index contributed by atoms with van der Waals surface area (Å²) in [6.07, 6.45) is 5.96. The molecule has 0 saturated heterocycles. The van der Waals surface area contributed by atoms with Gasteiger partial charge in [0.1, 0.15) is 17.1 Å². The van der Waals surface area contributed by atoms with Crippen molar-refractivity contribution in [1.29, 1.82) is 0 Å². The van der Waals surface area contributed by atoms with Crippen molar-refractivity contribution in [2.45, 2.75) is 38.1 Å². The summed E-state index contributed by atoms with van der Waals surface area (Å²) >= 11 is 0. The van der Waals surface area contributed by atoms with Gasteiger partial charge in [-0.1, -0.05) is 31.2 Å². The third kappa shape index (κ3) is 5.16. The van der Waals surface area contributed by atoms with Gasteiger partial charge in [-0.05, 0) is 31.9 Å². The molecule has 3 rings (SSSR count). The third-order valence-corrected chi connectivity index (χ3v) is 5.12. The van der Waals surface area contributed by atoms with E-state index in [1.54, 1.807) is 19.1 Å². The fourth-order valence-electron chi connectivity index (χ4n) is 2.50. The van der Waals surface area contributed by atoms with E-state index in [1.165, 1.54) is 12.3 Å². The minimum Gasteiger partial charge on any atom is -0.438 e. The van der Waals surface area contributed by atoms with E-state index in [0.29, 0.717) is 11.6 Å². The number of carbonyl (C=O) groups excluding carboxylic acids is 1. The van der Waals surface area contributed by atoms with Gasteiger partial charge in [0, 0.05) is 29.3 Å². The van der Waals surface area contributed by atoms with Crippen molar-refractivity contribution in [1.82, 2.24) is 15.3 Å². The van der Waals surface area contributed by atoms with Gasteiger partial charge in [-0.15, -0.1) is 0 Å². The van der Waals surface area contributed by atoms with Crippen molar-refractivity contribution in [3.8, 4) is 11.6 Å². The number of sulfone groups is 1. The summed E-state index contributed by atoms with van der Waals surface area (Å²) in [6.45, 7) is 3.75. The molecule has 1 fully saturated rings. The first-order chi connectivity index (χ1) is 13.2. The van der Waals surface area contributed by atoms with Crippen LogP contribution in [0.1, 0.15) is 42.9 Å². The molecule has 0 bridgehead atoms. The maximum atomic E-state index is 12.7. The van der Waals surface area contributed by atoms with Crippen molar-refractivity contribution in [2.24, 2.45) is 0 Å². The molecular formula is C20H23N3O4S. The minimum absolute atomic E-state index is 0.0741. The van der Waals surface area contributed by atoms with Gasteiger partial charge in [0.05, 0.1) is 0 Å². The van der Waals surface area contributed by atoms with Crippen LogP contribution in [0.3, 0.4) is 0 Å². The van der Waals surface area contributed by atoms with Gasteiger partial charge in [0.15, 0.2) is 9.84 Å². The van der Waals surface area contributed by atoms with Crippen LogP contribution < -0.4 is 10.1 Å². The number of hydrogen-bond acceptors (Lipinski definition) is 6. The number of ether oxygens (including phenoxy) is 1. The molecule has 1 saturated carbocycles. The van der Waals surface area contributed by atoms with Crippen LogP contribution in [0.25, 0.3) is 0 Å². The van der Waals surface area contributed by atoms with E-state index in [0.717, 1.165) is 24.5 Å². The van der Waals surface area contributed by atoms with E-state index < -0.39 is 21.8 Å². The molecule has 148 valence electrons. The topological polar surface area (TPSA) is 98.2 Å². The molecule has 1 N–H and O–H groups in total. The van der Waals surface area contributed by atoms with E-state index in [-0.39, 0.29) is 16.9 Å². The first-order valence-electron chi connectivity index (χ1n) is 8.96. The average Bonchev–Trinajstić information content (AvgIpc) is 3.39. The Bertz CT molecular complexity index is 999. The number of aromatic nitrogens is 2. The monoisotopic (exact) mass is 401 g/mol. The van der Waals surface area contributed by atoms with Crippen molar-refractivity contribution >= 4 is 15.7 Å². The molecule has 8 heteroatoms. The summed E-state index contributed by atoms with van der Waals surface area (Å²) in [5.74, 6) is 0.956. The Hall–Kier alpha value is -2.74. The van der Waals surface area contributed by atoms with E-state index in [9.17, 15) is 13.2 Å². The van der Waals surface area contributed by atoms with Crippen LogP contribution in [0.2, 0.25) is 0 Å².